The lowest BCUT2D eigenvalue weighted by molar-refractivity contribution is -0.151. The van der Waals surface area contributed by atoms with Crippen molar-refractivity contribution in [2.75, 3.05) is 18.8 Å². The molecule has 156 valence electrons. The topological polar surface area (TPSA) is 79.5 Å². The van der Waals surface area contributed by atoms with Gasteiger partial charge in [0.05, 0.1) is 0 Å². The Labute approximate surface area is 177 Å². The van der Waals surface area contributed by atoms with Crippen LogP contribution in [0.1, 0.15) is 41.6 Å². The molecule has 30 heavy (non-hydrogen) atoms. The molecule has 3 aliphatic heterocycles. The monoisotopic (exact) mass is 404 g/mol. The van der Waals surface area contributed by atoms with Crippen molar-refractivity contribution in [3.63, 3.8) is 0 Å². The highest BCUT2D eigenvalue weighted by Gasteiger charge is 2.49. The summed E-state index contributed by atoms with van der Waals surface area (Å²) in [5, 5.41) is 0. The summed E-state index contributed by atoms with van der Waals surface area (Å²) < 4.78 is 0. The fourth-order valence-electron chi connectivity index (χ4n) is 5.82. The molecule has 2 aromatic rings. The number of piperidine rings is 3. The van der Waals surface area contributed by atoms with Crippen molar-refractivity contribution in [2.24, 2.45) is 11.8 Å². The zero-order valence-electron chi connectivity index (χ0n) is 17.1. The van der Waals surface area contributed by atoms with E-state index in [1.54, 1.807) is 18.3 Å². The van der Waals surface area contributed by atoms with E-state index in [4.69, 9.17) is 5.73 Å². The van der Waals surface area contributed by atoms with Crippen LogP contribution in [0.25, 0.3) is 0 Å². The van der Waals surface area contributed by atoms with E-state index >= 15 is 0 Å². The maximum Gasteiger partial charge on any atom is 0.254 e. The van der Waals surface area contributed by atoms with E-state index in [1.165, 1.54) is 5.56 Å². The molecule has 6 heteroatoms. The van der Waals surface area contributed by atoms with E-state index in [0.29, 0.717) is 48.6 Å². The molecular weight excluding hydrogens is 376 g/mol. The van der Waals surface area contributed by atoms with Gasteiger partial charge < -0.3 is 15.5 Å². The Bertz CT molecular complexity index is 947. The first-order chi connectivity index (χ1) is 14.6. The van der Waals surface area contributed by atoms with Crippen molar-refractivity contribution < 1.29 is 9.59 Å². The lowest BCUT2D eigenvalue weighted by Crippen LogP contribution is -2.66. The fraction of sp³-hybridized carbons (Fsp3) is 0.458. The smallest absolute Gasteiger partial charge is 0.254 e. The van der Waals surface area contributed by atoms with Gasteiger partial charge in [0.1, 0.15) is 5.82 Å². The number of likely N-dealkylation sites (tertiary alicyclic amines) is 1. The number of hydrogen-bond donors (Lipinski definition) is 1. The zero-order valence-corrected chi connectivity index (χ0v) is 17.1. The Morgan fingerprint density at radius 2 is 1.93 bits per heavy atom. The predicted octanol–water partition coefficient (Wildman–Crippen LogP) is 2.75. The lowest BCUT2D eigenvalue weighted by atomic mass is 9.70. The minimum absolute atomic E-state index is 0.0212. The van der Waals surface area contributed by atoms with Crippen molar-refractivity contribution >= 4 is 17.6 Å². The minimum Gasteiger partial charge on any atom is -0.384 e. The molecular formula is C24H28N4O2. The number of carbonyl (C=O) groups excluding carboxylic acids is 2. The van der Waals surface area contributed by atoms with Gasteiger partial charge in [-0.15, -0.1) is 0 Å². The number of nitrogens with two attached hydrogens (primary N) is 1. The molecule has 2 N–H and O–H groups in total. The average molecular weight is 405 g/mol. The number of benzene rings is 1. The van der Waals surface area contributed by atoms with E-state index in [0.717, 1.165) is 25.7 Å². The third-order valence-corrected chi connectivity index (χ3v) is 7.10. The number of hydrogen-bond acceptors (Lipinski definition) is 4. The van der Waals surface area contributed by atoms with Crippen LogP contribution < -0.4 is 5.73 Å². The standard InChI is InChI=1S/C24H28N4O2/c25-22-13-17(9-10-26-22)24(30)27-14-18-12-19(15-27)21(11-16-5-2-1-3-6-16)28-20(18)7-4-8-23(28)29/h1-3,5-6,9-10,13,18-21H,4,7-8,11-12,14-15H2,(H2,25,26)/t18-,19+,20+,21+/m1/s1. The van der Waals surface area contributed by atoms with Crippen LogP contribution in [0.3, 0.4) is 0 Å². The first kappa shape index (κ1) is 19.1. The SMILES string of the molecule is Nc1cc(C(=O)N2C[C@H]3C[C@@H](C2)[C@H](Cc2ccccc2)N2C(=O)CCC[C@@H]32)ccn1. The minimum atomic E-state index is 0.0212. The van der Waals surface area contributed by atoms with Crippen LogP contribution in [-0.2, 0) is 11.2 Å². The molecule has 4 heterocycles. The largest absolute Gasteiger partial charge is 0.384 e. The predicted molar refractivity (Wildman–Crippen MR) is 115 cm³/mol. The van der Waals surface area contributed by atoms with E-state index < -0.39 is 0 Å². The number of carbonyl (C=O) groups is 2. The van der Waals surface area contributed by atoms with Crippen molar-refractivity contribution in [3.8, 4) is 0 Å². The fourth-order valence-corrected chi connectivity index (χ4v) is 5.82. The molecule has 1 aromatic carbocycles. The Morgan fingerprint density at radius 3 is 2.73 bits per heavy atom. The normalized spacial score (nSPS) is 28.2. The molecule has 0 radical (unpaired) electrons. The number of nitrogen functional groups attached to an aromatic ring is 1. The molecule has 1 aromatic heterocycles. The summed E-state index contributed by atoms with van der Waals surface area (Å²) >= 11 is 0. The number of pyridine rings is 1. The Balaban J connectivity index is 1.44. The van der Waals surface area contributed by atoms with Crippen LogP contribution in [0.2, 0.25) is 0 Å². The molecule has 0 spiro atoms. The van der Waals surface area contributed by atoms with Gasteiger partial charge in [-0.1, -0.05) is 30.3 Å². The second kappa shape index (κ2) is 7.74. The Hall–Kier alpha value is -2.89. The quantitative estimate of drug-likeness (QED) is 0.853. The summed E-state index contributed by atoms with van der Waals surface area (Å²) in [4.78, 5) is 34.4. The van der Waals surface area contributed by atoms with Crippen LogP contribution >= 0.6 is 0 Å². The first-order valence-corrected chi connectivity index (χ1v) is 11.0. The summed E-state index contributed by atoms with van der Waals surface area (Å²) in [6, 6.07) is 14.2. The van der Waals surface area contributed by atoms with Crippen LogP contribution in [0.15, 0.2) is 48.7 Å². The van der Waals surface area contributed by atoms with E-state index in [9.17, 15) is 9.59 Å². The van der Waals surface area contributed by atoms with Crippen LogP contribution in [-0.4, -0.2) is 51.8 Å². The maximum atomic E-state index is 13.2. The highest BCUT2D eigenvalue weighted by molar-refractivity contribution is 5.94. The molecule has 0 saturated carbocycles. The third kappa shape index (κ3) is 3.44. The first-order valence-electron chi connectivity index (χ1n) is 11.0. The Kier molecular flexibility index (Phi) is 4.93. The van der Waals surface area contributed by atoms with Gasteiger partial charge in [0, 0.05) is 43.4 Å². The van der Waals surface area contributed by atoms with Gasteiger partial charge in [0.15, 0.2) is 0 Å². The van der Waals surface area contributed by atoms with Gasteiger partial charge in [0.25, 0.3) is 5.91 Å². The van der Waals surface area contributed by atoms with Gasteiger partial charge in [-0.3, -0.25) is 9.59 Å². The van der Waals surface area contributed by atoms with Gasteiger partial charge in [0.2, 0.25) is 5.91 Å². The van der Waals surface area contributed by atoms with Crippen molar-refractivity contribution in [3.05, 3.63) is 59.8 Å². The molecule has 6 nitrogen and oxygen atoms in total. The van der Waals surface area contributed by atoms with E-state index in [-0.39, 0.29) is 18.0 Å². The molecule has 3 saturated heterocycles. The van der Waals surface area contributed by atoms with Crippen molar-refractivity contribution in [2.45, 2.75) is 44.2 Å². The Morgan fingerprint density at radius 1 is 1.13 bits per heavy atom. The highest BCUT2D eigenvalue weighted by Crippen LogP contribution is 2.42. The molecule has 4 atom stereocenters. The summed E-state index contributed by atoms with van der Waals surface area (Å²) in [5.74, 6) is 1.33. The average Bonchev–Trinajstić information content (AvgIpc) is 2.77. The lowest BCUT2D eigenvalue weighted by Gasteiger charge is -2.56. The summed E-state index contributed by atoms with van der Waals surface area (Å²) in [6.07, 6.45) is 6.18. The molecule has 2 bridgehead atoms. The second-order valence-corrected chi connectivity index (χ2v) is 8.95. The van der Waals surface area contributed by atoms with Gasteiger partial charge >= 0.3 is 0 Å². The van der Waals surface area contributed by atoms with Crippen LogP contribution in [0, 0.1) is 11.8 Å². The number of nitrogens with zero attached hydrogens (tertiary/aromatic N) is 3. The molecule has 0 aliphatic carbocycles. The number of rotatable bonds is 3. The molecule has 5 rings (SSSR count). The summed E-state index contributed by atoms with van der Waals surface area (Å²) in [5.41, 5.74) is 7.65. The van der Waals surface area contributed by atoms with Gasteiger partial charge in [-0.05, 0) is 55.2 Å². The molecule has 2 amide bonds. The number of amides is 2. The maximum absolute atomic E-state index is 13.2. The molecule has 3 fully saturated rings. The summed E-state index contributed by atoms with van der Waals surface area (Å²) in [6.45, 7) is 1.40. The number of anilines is 1. The highest BCUT2D eigenvalue weighted by atomic mass is 16.2. The van der Waals surface area contributed by atoms with Crippen LogP contribution in [0.4, 0.5) is 5.82 Å². The molecule has 0 unspecified atom stereocenters. The second-order valence-electron chi connectivity index (χ2n) is 8.95. The third-order valence-electron chi connectivity index (χ3n) is 7.10. The van der Waals surface area contributed by atoms with Crippen LogP contribution in [0.5, 0.6) is 0 Å². The van der Waals surface area contributed by atoms with E-state index in [1.807, 2.05) is 11.0 Å². The van der Waals surface area contributed by atoms with Gasteiger partial charge in [-0.25, -0.2) is 4.98 Å². The van der Waals surface area contributed by atoms with Gasteiger partial charge in [-0.2, -0.15) is 0 Å². The van der Waals surface area contributed by atoms with Crippen molar-refractivity contribution in [1.82, 2.24) is 14.8 Å². The van der Waals surface area contributed by atoms with Crippen molar-refractivity contribution in [1.29, 1.82) is 0 Å². The number of aromatic nitrogens is 1. The zero-order chi connectivity index (χ0) is 20.7. The number of fused-ring (bicyclic) bond motifs is 4. The summed E-state index contributed by atoms with van der Waals surface area (Å²) in [7, 11) is 0. The molecule has 3 aliphatic rings. The van der Waals surface area contributed by atoms with E-state index in [2.05, 4.69) is 34.1 Å².